The molecule has 1 aliphatic rings. The minimum atomic E-state index is -3.52. The van der Waals surface area contributed by atoms with Crippen LogP contribution in [0.3, 0.4) is 0 Å². The van der Waals surface area contributed by atoms with Crippen LogP contribution < -0.4 is 0 Å². The van der Waals surface area contributed by atoms with E-state index in [0.717, 1.165) is 24.2 Å². The van der Waals surface area contributed by atoms with Gasteiger partial charge in [0.25, 0.3) is 0 Å². The fraction of sp³-hybridized carbons (Fsp3) is 0.545. The lowest BCUT2D eigenvalue weighted by molar-refractivity contribution is 0.0702. The van der Waals surface area contributed by atoms with Gasteiger partial charge < -0.3 is 5.11 Å². The second-order valence-electron chi connectivity index (χ2n) is 4.54. The van der Waals surface area contributed by atoms with Gasteiger partial charge in [-0.15, -0.1) is 11.3 Å². The number of rotatable bonds is 3. The standard InChI is InChI=1S/C11H15NO4S2/c1-8-2-4-12(5-3-8)18(15,16)9-6-10(11(13)14)17-7-9/h6-8H,2-5H2,1H3,(H,13,14). The van der Waals surface area contributed by atoms with Crippen LogP contribution in [-0.4, -0.2) is 36.9 Å². The van der Waals surface area contributed by atoms with Crippen LogP contribution in [0.2, 0.25) is 0 Å². The molecule has 1 saturated heterocycles. The minimum Gasteiger partial charge on any atom is -0.477 e. The number of sulfonamides is 1. The summed E-state index contributed by atoms with van der Waals surface area (Å²) >= 11 is 0.944. The molecule has 1 aliphatic heterocycles. The molecule has 18 heavy (non-hydrogen) atoms. The number of aromatic carboxylic acids is 1. The molecule has 1 N–H and O–H groups in total. The zero-order valence-electron chi connectivity index (χ0n) is 10.00. The first kappa shape index (κ1) is 13.5. The van der Waals surface area contributed by atoms with Crippen LogP contribution in [0.25, 0.3) is 0 Å². The van der Waals surface area contributed by atoms with Gasteiger partial charge in [-0.25, -0.2) is 13.2 Å². The number of thiophene rings is 1. The van der Waals surface area contributed by atoms with Gasteiger partial charge >= 0.3 is 5.97 Å². The molecule has 0 unspecified atom stereocenters. The summed E-state index contributed by atoms with van der Waals surface area (Å²) in [4.78, 5) is 10.9. The molecular weight excluding hydrogens is 274 g/mol. The van der Waals surface area contributed by atoms with Gasteiger partial charge in [0.15, 0.2) is 0 Å². The van der Waals surface area contributed by atoms with Gasteiger partial charge in [-0.1, -0.05) is 6.92 Å². The van der Waals surface area contributed by atoms with Crippen LogP contribution in [0, 0.1) is 5.92 Å². The zero-order valence-corrected chi connectivity index (χ0v) is 11.6. The van der Waals surface area contributed by atoms with Crippen molar-refractivity contribution in [3.8, 4) is 0 Å². The highest BCUT2D eigenvalue weighted by atomic mass is 32.2. The van der Waals surface area contributed by atoms with Crippen LogP contribution in [0.4, 0.5) is 0 Å². The third kappa shape index (κ3) is 2.57. The van der Waals surface area contributed by atoms with E-state index in [-0.39, 0.29) is 9.77 Å². The van der Waals surface area contributed by atoms with Crippen molar-refractivity contribution in [1.82, 2.24) is 4.31 Å². The Morgan fingerprint density at radius 1 is 1.44 bits per heavy atom. The molecule has 2 heterocycles. The summed E-state index contributed by atoms with van der Waals surface area (Å²) in [5, 5.41) is 10.2. The number of piperidine rings is 1. The zero-order chi connectivity index (χ0) is 13.3. The lowest BCUT2D eigenvalue weighted by atomic mass is 10.0. The molecule has 1 aromatic rings. The molecular formula is C11H15NO4S2. The number of carbonyl (C=O) groups is 1. The third-order valence-corrected chi connectivity index (χ3v) is 6.11. The first-order valence-corrected chi connectivity index (χ1v) is 8.05. The Morgan fingerprint density at radius 2 is 2.06 bits per heavy atom. The number of nitrogens with zero attached hydrogens (tertiary/aromatic N) is 1. The highest BCUT2D eigenvalue weighted by Crippen LogP contribution is 2.26. The number of hydrogen-bond acceptors (Lipinski definition) is 4. The maximum absolute atomic E-state index is 12.3. The van der Waals surface area contributed by atoms with E-state index >= 15 is 0 Å². The first-order valence-electron chi connectivity index (χ1n) is 5.73. The van der Waals surface area contributed by atoms with E-state index in [9.17, 15) is 13.2 Å². The Morgan fingerprint density at radius 3 is 2.56 bits per heavy atom. The minimum absolute atomic E-state index is 0.0546. The lowest BCUT2D eigenvalue weighted by Crippen LogP contribution is -2.37. The monoisotopic (exact) mass is 289 g/mol. The fourth-order valence-corrected chi connectivity index (χ4v) is 4.51. The summed E-state index contributed by atoms with van der Waals surface area (Å²) in [7, 11) is -3.52. The molecule has 1 fully saturated rings. The predicted molar refractivity (Wildman–Crippen MR) is 68.4 cm³/mol. The molecule has 0 bridgehead atoms. The van der Waals surface area contributed by atoms with Crippen LogP contribution >= 0.6 is 11.3 Å². The average molecular weight is 289 g/mol. The molecule has 0 aliphatic carbocycles. The van der Waals surface area contributed by atoms with Crippen molar-refractivity contribution in [2.24, 2.45) is 5.92 Å². The van der Waals surface area contributed by atoms with Crippen molar-refractivity contribution in [2.75, 3.05) is 13.1 Å². The van der Waals surface area contributed by atoms with Gasteiger partial charge in [0, 0.05) is 18.5 Å². The largest absolute Gasteiger partial charge is 0.477 e. The molecule has 0 saturated carbocycles. The number of carboxylic acids is 1. The second-order valence-corrected chi connectivity index (χ2v) is 7.39. The molecule has 0 radical (unpaired) electrons. The lowest BCUT2D eigenvalue weighted by Gasteiger charge is -2.29. The molecule has 2 rings (SSSR count). The Hall–Kier alpha value is -0.920. The Balaban J connectivity index is 2.22. The summed E-state index contributed by atoms with van der Waals surface area (Å²) < 4.78 is 26.0. The molecule has 1 aromatic heterocycles. The molecule has 0 spiro atoms. The van der Waals surface area contributed by atoms with Gasteiger partial charge in [0.1, 0.15) is 4.88 Å². The van der Waals surface area contributed by atoms with Crippen molar-refractivity contribution < 1.29 is 18.3 Å². The molecule has 5 nitrogen and oxygen atoms in total. The van der Waals surface area contributed by atoms with Gasteiger partial charge in [0.05, 0.1) is 4.90 Å². The summed E-state index contributed by atoms with van der Waals surface area (Å²) in [6.45, 7) is 3.14. The summed E-state index contributed by atoms with van der Waals surface area (Å²) in [6.07, 6.45) is 1.71. The Kier molecular flexibility index (Phi) is 3.74. The van der Waals surface area contributed by atoms with Crippen LogP contribution in [0.5, 0.6) is 0 Å². The van der Waals surface area contributed by atoms with Crippen LogP contribution in [-0.2, 0) is 10.0 Å². The molecule has 0 aromatic carbocycles. The summed E-state index contributed by atoms with van der Waals surface area (Å²) in [6, 6.07) is 1.24. The maximum Gasteiger partial charge on any atom is 0.345 e. The van der Waals surface area contributed by atoms with Crippen LogP contribution in [0.15, 0.2) is 16.3 Å². The van der Waals surface area contributed by atoms with Crippen molar-refractivity contribution in [1.29, 1.82) is 0 Å². The van der Waals surface area contributed by atoms with Crippen molar-refractivity contribution in [3.05, 3.63) is 16.3 Å². The quantitative estimate of drug-likeness (QED) is 0.921. The predicted octanol–water partition coefficient (Wildman–Crippen LogP) is 1.87. The first-order chi connectivity index (χ1) is 8.41. The van der Waals surface area contributed by atoms with E-state index in [1.54, 1.807) is 0 Å². The Labute approximate surface area is 110 Å². The van der Waals surface area contributed by atoms with Crippen molar-refractivity contribution in [2.45, 2.75) is 24.7 Å². The van der Waals surface area contributed by atoms with Crippen LogP contribution in [0.1, 0.15) is 29.4 Å². The van der Waals surface area contributed by atoms with E-state index < -0.39 is 16.0 Å². The van der Waals surface area contributed by atoms with Gasteiger partial charge in [-0.05, 0) is 24.8 Å². The normalized spacial score (nSPS) is 18.9. The molecule has 0 amide bonds. The van der Waals surface area contributed by atoms with Crippen molar-refractivity contribution in [3.63, 3.8) is 0 Å². The van der Waals surface area contributed by atoms with Crippen molar-refractivity contribution >= 4 is 27.3 Å². The number of carboxylic acid groups (broad SMARTS) is 1. The second kappa shape index (κ2) is 4.99. The SMILES string of the molecule is CC1CCN(S(=O)(=O)c2csc(C(=O)O)c2)CC1. The molecule has 100 valence electrons. The molecule has 0 atom stereocenters. The van der Waals surface area contributed by atoms with E-state index in [0.29, 0.717) is 19.0 Å². The highest BCUT2D eigenvalue weighted by molar-refractivity contribution is 7.89. The smallest absolute Gasteiger partial charge is 0.345 e. The molecule has 7 heteroatoms. The number of hydrogen-bond donors (Lipinski definition) is 1. The summed E-state index contributed by atoms with van der Waals surface area (Å²) in [5.74, 6) is -0.540. The van der Waals surface area contributed by atoms with E-state index in [1.807, 2.05) is 0 Å². The maximum atomic E-state index is 12.3. The van der Waals surface area contributed by atoms with Gasteiger partial charge in [0.2, 0.25) is 10.0 Å². The summed E-state index contributed by atoms with van der Waals surface area (Å²) in [5.41, 5.74) is 0. The van der Waals surface area contributed by atoms with E-state index in [4.69, 9.17) is 5.11 Å². The van der Waals surface area contributed by atoms with Gasteiger partial charge in [-0.3, -0.25) is 0 Å². The Bertz CT molecular complexity index is 541. The third-order valence-electron chi connectivity index (χ3n) is 3.17. The van der Waals surface area contributed by atoms with E-state index in [1.165, 1.54) is 15.8 Å². The fourth-order valence-electron chi connectivity index (χ4n) is 1.94. The average Bonchev–Trinajstić information content (AvgIpc) is 2.79. The highest BCUT2D eigenvalue weighted by Gasteiger charge is 2.29. The van der Waals surface area contributed by atoms with E-state index in [2.05, 4.69) is 6.92 Å². The topological polar surface area (TPSA) is 74.7 Å². The van der Waals surface area contributed by atoms with Gasteiger partial charge in [-0.2, -0.15) is 4.31 Å².